The van der Waals surface area contributed by atoms with Crippen molar-refractivity contribution in [3.05, 3.63) is 29.3 Å². The van der Waals surface area contributed by atoms with E-state index in [1.807, 2.05) is 0 Å². The third-order valence-corrected chi connectivity index (χ3v) is 5.11. The minimum Gasteiger partial charge on any atom is -0.481 e. The van der Waals surface area contributed by atoms with Crippen LogP contribution in [0.5, 0.6) is 0 Å². The van der Waals surface area contributed by atoms with Gasteiger partial charge in [-0.1, -0.05) is 6.07 Å². The number of nitrogens with one attached hydrogen (secondary N) is 1. The van der Waals surface area contributed by atoms with E-state index in [9.17, 15) is 18.0 Å². The molecule has 0 bridgehead atoms. The maximum absolute atomic E-state index is 12.3. The first-order chi connectivity index (χ1) is 10.2. The van der Waals surface area contributed by atoms with Crippen LogP contribution >= 0.6 is 0 Å². The van der Waals surface area contributed by atoms with Gasteiger partial charge in [0, 0.05) is 17.9 Å². The highest BCUT2D eigenvalue weighted by Crippen LogP contribution is 2.26. The van der Waals surface area contributed by atoms with E-state index < -0.39 is 21.7 Å². The van der Waals surface area contributed by atoms with Crippen LogP contribution in [0.25, 0.3) is 0 Å². The Hall–Kier alpha value is -1.89. The predicted molar refractivity (Wildman–Crippen MR) is 80.5 cm³/mol. The van der Waals surface area contributed by atoms with E-state index in [0.29, 0.717) is 30.4 Å². The van der Waals surface area contributed by atoms with Crippen molar-refractivity contribution in [1.82, 2.24) is 5.32 Å². The van der Waals surface area contributed by atoms with Gasteiger partial charge in [0.1, 0.15) is 0 Å². The van der Waals surface area contributed by atoms with E-state index in [4.69, 9.17) is 5.11 Å². The number of hydrogen-bond acceptors (Lipinski definition) is 4. The van der Waals surface area contributed by atoms with E-state index in [2.05, 4.69) is 5.32 Å². The zero-order chi connectivity index (χ0) is 16.5. The molecule has 120 valence electrons. The van der Waals surface area contributed by atoms with Crippen molar-refractivity contribution in [3.8, 4) is 0 Å². The average molecular weight is 325 g/mol. The number of aliphatic carboxylic acids is 1. The zero-order valence-electron chi connectivity index (χ0n) is 12.5. The lowest BCUT2D eigenvalue weighted by molar-refractivity contribution is -0.141. The van der Waals surface area contributed by atoms with Gasteiger partial charge in [0.15, 0.2) is 9.84 Å². The fourth-order valence-electron chi connectivity index (χ4n) is 2.68. The lowest BCUT2D eigenvalue weighted by atomic mass is 10.1. The molecule has 0 spiro atoms. The summed E-state index contributed by atoms with van der Waals surface area (Å²) in [6, 6.07) is 4.25. The maximum atomic E-state index is 12.3. The number of benzene rings is 1. The number of amides is 1. The van der Waals surface area contributed by atoms with Gasteiger partial charge in [-0.15, -0.1) is 0 Å². The molecular weight excluding hydrogens is 306 g/mol. The normalized spacial score (nSPS) is 21.5. The second-order valence-corrected chi connectivity index (χ2v) is 7.78. The van der Waals surface area contributed by atoms with E-state index in [1.54, 1.807) is 13.0 Å². The molecule has 2 rings (SSSR count). The summed E-state index contributed by atoms with van der Waals surface area (Å²) in [6.45, 7) is 1.73. The van der Waals surface area contributed by atoms with Crippen LogP contribution in [-0.2, 0) is 14.6 Å². The molecule has 0 saturated heterocycles. The highest BCUT2D eigenvalue weighted by Gasteiger charge is 2.31. The van der Waals surface area contributed by atoms with Crippen LogP contribution in [0.2, 0.25) is 0 Å². The molecule has 1 saturated carbocycles. The lowest BCUT2D eigenvalue weighted by Crippen LogP contribution is -2.33. The van der Waals surface area contributed by atoms with Crippen molar-refractivity contribution in [2.45, 2.75) is 37.1 Å². The Kier molecular flexibility index (Phi) is 4.55. The fraction of sp³-hybridized carbons (Fsp3) is 0.467. The number of carbonyl (C=O) groups excluding carboxylic acids is 1. The Morgan fingerprint density at radius 1 is 1.27 bits per heavy atom. The van der Waals surface area contributed by atoms with Crippen LogP contribution in [0, 0.1) is 12.8 Å². The van der Waals surface area contributed by atoms with Crippen molar-refractivity contribution in [2.24, 2.45) is 5.92 Å². The average Bonchev–Trinajstić information content (AvgIpc) is 2.86. The molecule has 1 aromatic rings. The van der Waals surface area contributed by atoms with Crippen LogP contribution in [0.1, 0.15) is 35.2 Å². The highest BCUT2D eigenvalue weighted by atomic mass is 32.2. The van der Waals surface area contributed by atoms with Crippen LogP contribution in [0.15, 0.2) is 23.1 Å². The summed E-state index contributed by atoms with van der Waals surface area (Å²) in [6.07, 6.45) is 2.66. The first-order valence-corrected chi connectivity index (χ1v) is 8.92. The SMILES string of the molecule is Cc1ccc(S(C)(=O)=O)cc1C(=O)N[C@H]1CC[C@@H](C(=O)O)C1. The number of carbonyl (C=O) groups is 2. The topological polar surface area (TPSA) is 101 Å². The van der Waals surface area contributed by atoms with Crippen LogP contribution in [0.4, 0.5) is 0 Å². The molecule has 1 fully saturated rings. The summed E-state index contributed by atoms with van der Waals surface area (Å²) < 4.78 is 23.2. The maximum Gasteiger partial charge on any atom is 0.306 e. The molecule has 0 aromatic heterocycles. The predicted octanol–water partition coefficient (Wildman–Crippen LogP) is 1.38. The summed E-state index contributed by atoms with van der Waals surface area (Å²) in [5.41, 5.74) is 0.986. The monoisotopic (exact) mass is 325 g/mol. The molecule has 0 radical (unpaired) electrons. The van der Waals surface area contributed by atoms with Crippen molar-refractivity contribution in [2.75, 3.05) is 6.26 Å². The second-order valence-electron chi connectivity index (χ2n) is 5.77. The van der Waals surface area contributed by atoms with E-state index in [-0.39, 0.29) is 16.8 Å². The smallest absolute Gasteiger partial charge is 0.306 e. The quantitative estimate of drug-likeness (QED) is 0.871. The molecule has 0 unspecified atom stereocenters. The second kappa shape index (κ2) is 6.08. The lowest BCUT2D eigenvalue weighted by Gasteiger charge is -2.14. The number of aryl methyl sites for hydroxylation is 1. The Morgan fingerprint density at radius 3 is 2.50 bits per heavy atom. The Morgan fingerprint density at radius 2 is 1.95 bits per heavy atom. The molecule has 1 aliphatic rings. The van der Waals surface area contributed by atoms with Gasteiger partial charge in [0.05, 0.1) is 10.8 Å². The molecule has 7 heteroatoms. The first kappa shape index (κ1) is 16.5. The number of hydrogen-bond donors (Lipinski definition) is 2. The third-order valence-electron chi connectivity index (χ3n) is 4.00. The standard InChI is InChI=1S/C15H19NO5S/c1-9-3-6-12(22(2,20)21)8-13(9)14(17)16-11-5-4-10(7-11)15(18)19/h3,6,8,10-11H,4-5,7H2,1-2H3,(H,16,17)(H,18,19)/t10-,11+/m1/s1. The molecule has 1 aromatic carbocycles. The molecule has 2 N–H and O–H groups in total. The van der Waals surface area contributed by atoms with E-state index in [0.717, 1.165) is 6.26 Å². The zero-order valence-corrected chi connectivity index (χ0v) is 13.3. The van der Waals surface area contributed by atoms with Crippen molar-refractivity contribution in [3.63, 3.8) is 0 Å². The summed E-state index contributed by atoms with van der Waals surface area (Å²) in [5, 5.41) is 11.8. The van der Waals surface area contributed by atoms with Crippen molar-refractivity contribution < 1.29 is 23.1 Å². The van der Waals surface area contributed by atoms with E-state index >= 15 is 0 Å². The molecule has 1 amide bonds. The van der Waals surface area contributed by atoms with E-state index in [1.165, 1.54) is 12.1 Å². The van der Waals surface area contributed by atoms with Crippen molar-refractivity contribution >= 4 is 21.7 Å². The molecule has 6 nitrogen and oxygen atoms in total. The Bertz CT molecular complexity index is 711. The van der Waals surface area contributed by atoms with Crippen molar-refractivity contribution in [1.29, 1.82) is 0 Å². The Balaban J connectivity index is 2.15. The van der Waals surface area contributed by atoms with Gasteiger partial charge in [-0.3, -0.25) is 9.59 Å². The number of sulfone groups is 1. The summed E-state index contributed by atoms with van der Waals surface area (Å²) in [4.78, 5) is 23.4. The fourth-order valence-corrected chi connectivity index (χ4v) is 3.32. The number of carboxylic acid groups (broad SMARTS) is 1. The third kappa shape index (κ3) is 3.65. The number of rotatable bonds is 4. The van der Waals surface area contributed by atoms with Crippen LogP contribution in [0.3, 0.4) is 0 Å². The van der Waals surface area contributed by atoms with Gasteiger partial charge in [-0.25, -0.2) is 8.42 Å². The summed E-state index contributed by atoms with van der Waals surface area (Å²) >= 11 is 0. The summed E-state index contributed by atoms with van der Waals surface area (Å²) in [5.74, 6) is -1.63. The molecular formula is C15H19NO5S. The van der Waals surface area contributed by atoms with Crippen LogP contribution in [-0.4, -0.2) is 37.7 Å². The number of carboxylic acids is 1. The first-order valence-electron chi connectivity index (χ1n) is 7.03. The minimum atomic E-state index is -3.38. The van der Waals surface area contributed by atoms with Gasteiger partial charge in [0.2, 0.25) is 0 Å². The Labute approximate surface area is 129 Å². The largest absolute Gasteiger partial charge is 0.481 e. The van der Waals surface area contributed by atoms with Gasteiger partial charge in [-0.05, 0) is 43.9 Å². The molecule has 0 heterocycles. The highest BCUT2D eigenvalue weighted by molar-refractivity contribution is 7.90. The van der Waals surface area contributed by atoms with Gasteiger partial charge < -0.3 is 10.4 Å². The van der Waals surface area contributed by atoms with Gasteiger partial charge >= 0.3 is 5.97 Å². The van der Waals surface area contributed by atoms with Gasteiger partial charge in [0.25, 0.3) is 5.91 Å². The van der Waals surface area contributed by atoms with Crippen LogP contribution < -0.4 is 5.32 Å². The summed E-state index contributed by atoms with van der Waals surface area (Å²) in [7, 11) is -3.38. The molecule has 2 atom stereocenters. The molecule has 1 aliphatic carbocycles. The van der Waals surface area contributed by atoms with Gasteiger partial charge in [-0.2, -0.15) is 0 Å². The molecule has 0 aliphatic heterocycles. The minimum absolute atomic E-state index is 0.0954. The molecule has 22 heavy (non-hydrogen) atoms.